The Bertz CT molecular complexity index is 1030. The van der Waals surface area contributed by atoms with Crippen LogP contribution in [0.4, 0.5) is 17.1 Å². The molecule has 2 aromatic carbocycles. The fourth-order valence-electron chi connectivity index (χ4n) is 2.23. The molecule has 0 spiro atoms. The van der Waals surface area contributed by atoms with Crippen molar-refractivity contribution in [2.45, 2.75) is 16.2 Å². The van der Waals surface area contributed by atoms with Crippen LogP contribution in [0.1, 0.15) is 16.1 Å². The van der Waals surface area contributed by atoms with Gasteiger partial charge in [-0.05, 0) is 31.2 Å². The van der Waals surface area contributed by atoms with Crippen LogP contribution in [0.2, 0.25) is 0 Å². The summed E-state index contributed by atoms with van der Waals surface area (Å²) in [6.07, 6.45) is 0. The number of nitrogens with one attached hydrogen (secondary N) is 1. The maximum Gasteiger partial charge on any atom is 0.277 e. The highest BCUT2D eigenvalue weighted by molar-refractivity contribution is 8.01. The standard InChI is InChI=1S/C17H12N4O5S2/c1-10-9-27-17(18-10)28-15-4-2-12(3-5-15)19-16(22)11-6-13(20(23)24)8-14(7-11)21(25)26/h2-9H,1H3,(H,19,22). The SMILES string of the molecule is Cc1csc(Sc2ccc(NC(=O)c3cc([N+](=O)[O-])cc([N+](=O)[O-])c3)cc2)n1. The second-order valence-corrected chi connectivity index (χ2v) is 7.77. The Labute approximate surface area is 166 Å². The van der Waals surface area contributed by atoms with Gasteiger partial charge in [0.2, 0.25) is 0 Å². The van der Waals surface area contributed by atoms with Crippen LogP contribution < -0.4 is 5.32 Å². The topological polar surface area (TPSA) is 128 Å². The number of non-ortho nitro benzene ring substituents is 2. The van der Waals surface area contributed by atoms with Crippen LogP contribution in [0.3, 0.4) is 0 Å². The predicted octanol–water partition coefficient (Wildman–Crippen LogP) is 4.67. The lowest BCUT2D eigenvalue weighted by Gasteiger charge is -2.06. The molecule has 142 valence electrons. The maximum atomic E-state index is 12.4. The summed E-state index contributed by atoms with van der Waals surface area (Å²) in [4.78, 5) is 38.0. The molecular weight excluding hydrogens is 404 g/mol. The highest BCUT2D eigenvalue weighted by atomic mass is 32.2. The van der Waals surface area contributed by atoms with Crippen molar-refractivity contribution in [1.29, 1.82) is 0 Å². The van der Waals surface area contributed by atoms with Gasteiger partial charge in [-0.1, -0.05) is 11.8 Å². The van der Waals surface area contributed by atoms with Gasteiger partial charge in [0.05, 0.1) is 21.5 Å². The number of nitro benzene ring substituents is 2. The summed E-state index contributed by atoms with van der Waals surface area (Å²) in [6, 6.07) is 9.75. The number of aryl methyl sites for hydroxylation is 1. The van der Waals surface area contributed by atoms with Gasteiger partial charge >= 0.3 is 0 Å². The molecule has 0 atom stereocenters. The highest BCUT2D eigenvalue weighted by Gasteiger charge is 2.20. The lowest BCUT2D eigenvalue weighted by atomic mass is 10.1. The normalized spacial score (nSPS) is 10.5. The van der Waals surface area contributed by atoms with Crippen molar-refractivity contribution in [3.63, 3.8) is 0 Å². The third-order valence-electron chi connectivity index (χ3n) is 3.50. The molecule has 28 heavy (non-hydrogen) atoms. The van der Waals surface area contributed by atoms with Crippen LogP contribution in [-0.2, 0) is 0 Å². The number of rotatable bonds is 6. The summed E-state index contributed by atoms with van der Waals surface area (Å²) < 4.78 is 0.901. The van der Waals surface area contributed by atoms with E-state index in [2.05, 4.69) is 10.3 Å². The molecule has 0 saturated heterocycles. The number of hydrogen-bond acceptors (Lipinski definition) is 8. The van der Waals surface area contributed by atoms with Gasteiger partial charge in [0.25, 0.3) is 17.3 Å². The first-order chi connectivity index (χ1) is 13.3. The zero-order chi connectivity index (χ0) is 20.3. The van der Waals surface area contributed by atoms with Crippen LogP contribution in [0.25, 0.3) is 0 Å². The summed E-state index contributed by atoms with van der Waals surface area (Å²) in [5.41, 5.74) is 0.188. The number of thiazole rings is 1. The second kappa shape index (κ2) is 8.15. The van der Waals surface area contributed by atoms with Crippen LogP contribution >= 0.6 is 23.1 Å². The fourth-order valence-corrected chi connectivity index (χ4v) is 4.04. The van der Waals surface area contributed by atoms with Crippen molar-refractivity contribution in [3.05, 3.63) is 79.3 Å². The number of amides is 1. The van der Waals surface area contributed by atoms with Crippen molar-refractivity contribution in [2.24, 2.45) is 0 Å². The van der Waals surface area contributed by atoms with E-state index in [0.29, 0.717) is 5.69 Å². The van der Waals surface area contributed by atoms with Crippen LogP contribution in [0, 0.1) is 27.2 Å². The Morgan fingerprint density at radius 1 is 1.07 bits per heavy atom. The summed E-state index contributed by atoms with van der Waals surface area (Å²) in [5, 5.41) is 26.4. The Hall–Kier alpha value is -3.31. The first-order valence-corrected chi connectivity index (χ1v) is 9.47. The molecule has 3 aromatic rings. The number of hydrogen-bond donors (Lipinski definition) is 1. The third kappa shape index (κ3) is 4.69. The molecule has 0 radical (unpaired) electrons. The quantitative estimate of drug-likeness (QED) is 0.456. The van der Waals surface area contributed by atoms with E-state index in [1.54, 1.807) is 24.3 Å². The Balaban J connectivity index is 1.75. The number of carbonyl (C=O) groups is 1. The average molecular weight is 416 g/mol. The fraction of sp³-hybridized carbons (Fsp3) is 0.0588. The van der Waals surface area contributed by atoms with Crippen molar-refractivity contribution in [3.8, 4) is 0 Å². The number of benzene rings is 2. The number of nitro groups is 2. The minimum atomic E-state index is -0.782. The van der Waals surface area contributed by atoms with E-state index in [-0.39, 0.29) is 5.56 Å². The average Bonchev–Trinajstić information content (AvgIpc) is 3.07. The van der Waals surface area contributed by atoms with Crippen LogP contribution in [0.5, 0.6) is 0 Å². The minimum Gasteiger partial charge on any atom is -0.322 e. The van der Waals surface area contributed by atoms with Crippen LogP contribution in [-0.4, -0.2) is 20.7 Å². The molecule has 0 fully saturated rings. The van der Waals surface area contributed by atoms with Gasteiger partial charge in [-0.2, -0.15) is 0 Å². The van der Waals surface area contributed by atoms with E-state index in [9.17, 15) is 25.0 Å². The van der Waals surface area contributed by atoms with E-state index < -0.39 is 27.1 Å². The van der Waals surface area contributed by atoms with E-state index in [0.717, 1.165) is 33.1 Å². The molecule has 1 amide bonds. The van der Waals surface area contributed by atoms with Gasteiger partial charge in [0, 0.05) is 33.8 Å². The number of nitrogens with zero attached hydrogens (tertiary/aromatic N) is 3. The molecule has 11 heteroatoms. The zero-order valence-electron chi connectivity index (χ0n) is 14.3. The van der Waals surface area contributed by atoms with E-state index in [1.807, 2.05) is 12.3 Å². The Morgan fingerprint density at radius 2 is 1.68 bits per heavy atom. The molecule has 0 aliphatic heterocycles. The molecule has 0 unspecified atom stereocenters. The molecular formula is C17H12N4O5S2. The second-order valence-electron chi connectivity index (χ2n) is 5.59. The molecule has 1 N–H and O–H groups in total. The number of anilines is 1. The molecule has 0 saturated carbocycles. The van der Waals surface area contributed by atoms with Crippen molar-refractivity contribution < 1.29 is 14.6 Å². The van der Waals surface area contributed by atoms with E-state index >= 15 is 0 Å². The zero-order valence-corrected chi connectivity index (χ0v) is 16.0. The molecule has 9 nitrogen and oxygen atoms in total. The van der Waals surface area contributed by atoms with Gasteiger partial charge in [0.15, 0.2) is 4.34 Å². The predicted molar refractivity (Wildman–Crippen MR) is 105 cm³/mol. The summed E-state index contributed by atoms with van der Waals surface area (Å²) in [6.45, 7) is 1.91. The summed E-state index contributed by atoms with van der Waals surface area (Å²) >= 11 is 3.02. The van der Waals surface area contributed by atoms with Gasteiger partial charge in [-0.25, -0.2) is 4.98 Å². The van der Waals surface area contributed by atoms with Crippen molar-refractivity contribution >= 4 is 46.1 Å². The van der Waals surface area contributed by atoms with E-state index in [4.69, 9.17) is 0 Å². The Morgan fingerprint density at radius 3 is 2.18 bits per heavy atom. The monoisotopic (exact) mass is 416 g/mol. The number of carbonyl (C=O) groups excluding carboxylic acids is 1. The van der Waals surface area contributed by atoms with Crippen molar-refractivity contribution in [1.82, 2.24) is 4.98 Å². The van der Waals surface area contributed by atoms with Crippen LogP contribution in [0.15, 0.2) is 57.1 Å². The first kappa shape index (κ1) is 19.5. The molecule has 0 bridgehead atoms. The summed E-state index contributed by atoms with van der Waals surface area (Å²) in [7, 11) is 0. The lowest BCUT2D eigenvalue weighted by molar-refractivity contribution is -0.394. The van der Waals surface area contributed by atoms with Gasteiger partial charge in [-0.15, -0.1) is 11.3 Å². The molecule has 3 rings (SSSR count). The maximum absolute atomic E-state index is 12.4. The van der Waals surface area contributed by atoms with Gasteiger partial charge in [0.1, 0.15) is 0 Å². The molecule has 1 heterocycles. The largest absolute Gasteiger partial charge is 0.322 e. The molecule has 0 aliphatic rings. The lowest BCUT2D eigenvalue weighted by Crippen LogP contribution is -2.12. The van der Waals surface area contributed by atoms with Gasteiger partial charge in [-0.3, -0.25) is 25.0 Å². The Kier molecular flexibility index (Phi) is 5.66. The highest BCUT2D eigenvalue weighted by Crippen LogP contribution is 2.31. The van der Waals surface area contributed by atoms with E-state index in [1.165, 1.54) is 23.1 Å². The first-order valence-electron chi connectivity index (χ1n) is 7.77. The number of aromatic nitrogens is 1. The summed E-state index contributed by atoms with van der Waals surface area (Å²) in [5.74, 6) is -0.678. The molecule has 1 aromatic heterocycles. The minimum absolute atomic E-state index is 0.169. The molecule has 0 aliphatic carbocycles. The smallest absolute Gasteiger partial charge is 0.277 e. The van der Waals surface area contributed by atoms with Gasteiger partial charge < -0.3 is 5.32 Å². The van der Waals surface area contributed by atoms with Crippen molar-refractivity contribution in [2.75, 3.05) is 5.32 Å². The third-order valence-corrected chi connectivity index (χ3v) is 5.57.